The van der Waals surface area contributed by atoms with Crippen molar-refractivity contribution in [2.75, 3.05) is 6.61 Å². The summed E-state index contributed by atoms with van der Waals surface area (Å²) in [6, 6.07) is 7.10. The molecule has 1 aromatic rings. The Morgan fingerprint density at radius 3 is 2.40 bits per heavy atom. The number of nitro groups is 1. The molecule has 0 saturated carbocycles. The van der Waals surface area contributed by atoms with Crippen LogP contribution in [-0.4, -0.2) is 28.6 Å². The quantitative estimate of drug-likeness (QED) is 0.368. The Hall–Kier alpha value is -2.96. The summed E-state index contributed by atoms with van der Waals surface area (Å²) in [6.07, 6.45) is 5.27. The number of aryl methyl sites for hydroxylation is 1. The normalized spacial score (nSPS) is 20.1. The number of aliphatic carboxylic acids is 1. The van der Waals surface area contributed by atoms with Crippen LogP contribution in [0, 0.1) is 28.9 Å². The maximum Gasteiger partial charge on any atom is 0.310 e. The van der Waals surface area contributed by atoms with Gasteiger partial charge in [-0.25, -0.2) is 0 Å². The molecule has 1 N–H and O–H groups in total. The number of carbonyl (C=O) groups excluding carboxylic acids is 1. The average Bonchev–Trinajstić information content (AvgIpc) is 2.59. The summed E-state index contributed by atoms with van der Waals surface area (Å²) in [5, 5.41) is 20.4. The number of benzene rings is 1. The van der Waals surface area contributed by atoms with Gasteiger partial charge in [-0.1, -0.05) is 42.0 Å². The molecule has 0 heterocycles. The second-order valence-electron chi connectivity index (χ2n) is 5.91. The molecular weight excluding hydrogens is 326 g/mol. The zero-order chi connectivity index (χ0) is 18.4. The predicted octanol–water partition coefficient (Wildman–Crippen LogP) is 2.82. The van der Waals surface area contributed by atoms with Crippen molar-refractivity contribution in [1.29, 1.82) is 0 Å². The first-order valence-electron chi connectivity index (χ1n) is 7.84. The standard InChI is InChI=1S/C18H19NO6/c1-12-6-8-13(9-7-12)10-14(19(23)24)11-25-18(22)16-5-3-2-4-15(16)17(20)21/h2-3,6-10,15-16H,4-5,11H2,1H3,(H,20,21)/b14-10+/t15-,16+/m1/s1. The topological polar surface area (TPSA) is 107 Å². The van der Waals surface area contributed by atoms with E-state index in [1.165, 1.54) is 6.08 Å². The third kappa shape index (κ3) is 5.00. The summed E-state index contributed by atoms with van der Waals surface area (Å²) in [7, 11) is 0. The minimum Gasteiger partial charge on any atom is -0.481 e. The van der Waals surface area contributed by atoms with Crippen molar-refractivity contribution in [2.45, 2.75) is 19.8 Å². The molecule has 25 heavy (non-hydrogen) atoms. The molecule has 0 radical (unpaired) electrons. The van der Waals surface area contributed by atoms with E-state index in [1.54, 1.807) is 24.3 Å². The van der Waals surface area contributed by atoms with Crippen LogP contribution in [0.4, 0.5) is 0 Å². The second kappa shape index (κ2) is 8.23. The molecule has 1 aromatic carbocycles. The summed E-state index contributed by atoms with van der Waals surface area (Å²) in [5.41, 5.74) is 1.38. The second-order valence-corrected chi connectivity index (χ2v) is 5.91. The van der Waals surface area contributed by atoms with Gasteiger partial charge in [-0.05, 0) is 25.3 Å². The summed E-state index contributed by atoms with van der Waals surface area (Å²) in [4.78, 5) is 34.0. The van der Waals surface area contributed by atoms with E-state index in [2.05, 4.69) is 0 Å². The van der Waals surface area contributed by atoms with Crippen molar-refractivity contribution in [3.63, 3.8) is 0 Å². The summed E-state index contributed by atoms with van der Waals surface area (Å²) >= 11 is 0. The molecule has 0 fully saturated rings. The monoisotopic (exact) mass is 345 g/mol. The van der Waals surface area contributed by atoms with Crippen molar-refractivity contribution in [3.05, 3.63) is 63.4 Å². The van der Waals surface area contributed by atoms with Gasteiger partial charge < -0.3 is 9.84 Å². The Bertz CT molecular complexity index is 720. The number of allylic oxidation sites excluding steroid dienone is 2. The molecule has 2 atom stereocenters. The van der Waals surface area contributed by atoms with Crippen molar-refractivity contribution in [3.8, 4) is 0 Å². The number of carbonyl (C=O) groups is 2. The summed E-state index contributed by atoms with van der Waals surface area (Å²) in [5.74, 6) is -3.49. The summed E-state index contributed by atoms with van der Waals surface area (Å²) in [6.45, 7) is 1.40. The first-order valence-corrected chi connectivity index (χ1v) is 7.84. The van der Waals surface area contributed by atoms with E-state index in [4.69, 9.17) is 4.74 Å². The Kier molecular flexibility index (Phi) is 6.05. The molecule has 0 unspecified atom stereocenters. The molecule has 0 aliphatic heterocycles. The van der Waals surface area contributed by atoms with Crippen LogP contribution in [0.1, 0.15) is 24.0 Å². The predicted molar refractivity (Wildman–Crippen MR) is 90.1 cm³/mol. The highest BCUT2D eigenvalue weighted by molar-refractivity contribution is 5.81. The van der Waals surface area contributed by atoms with E-state index >= 15 is 0 Å². The molecule has 7 nitrogen and oxygen atoms in total. The van der Waals surface area contributed by atoms with Gasteiger partial charge in [0.05, 0.1) is 16.8 Å². The molecule has 0 amide bonds. The third-order valence-electron chi connectivity index (χ3n) is 4.06. The Morgan fingerprint density at radius 2 is 1.84 bits per heavy atom. The van der Waals surface area contributed by atoms with Crippen molar-refractivity contribution < 1.29 is 24.4 Å². The molecule has 1 aliphatic rings. The minimum absolute atomic E-state index is 0.246. The fourth-order valence-electron chi connectivity index (χ4n) is 2.60. The maximum atomic E-state index is 12.2. The minimum atomic E-state index is -1.07. The maximum absolute atomic E-state index is 12.2. The number of ether oxygens (including phenoxy) is 1. The van der Waals surface area contributed by atoms with Crippen LogP contribution in [-0.2, 0) is 14.3 Å². The lowest BCUT2D eigenvalue weighted by atomic mass is 9.83. The number of esters is 1. The van der Waals surface area contributed by atoms with Crippen molar-refractivity contribution in [2.24, 2.45) is 11.8 Å². The lowest BCUT2D eigenvalue weighted by molar-refractivity contribution is -0.428. The van der Waals surface area contributed by atoms with Gasteiger partial charge in [-0.3, -0.25) is 19.7 Å². The summed E-state index contributed by atoms with van der Waals surface area (Å²) < 4.78 is 5.04. The molecule has 2 rings (SSSR count). The van der Waals surface area contributed by atoms with Gasteiger partial charge >= 0.3 is 11.9 Å². The lowest BCUT2D eigenvalue weighted by Gasteiger charge is -2.23. The number of carboxylic acid groups (broad SMARTS) is 1. The molecular formula is C18H19NO6. The van der Waals surface area contributed by atoms with Gasteiger partial charge in [-0.2, -0.15) is 0 Å². The lowest BCUT2D eigenvalue weighted by Crippen LogP contribution is -2.32. The van der Waals surface area contributed by atoms with Gasteiger partial charge in [-0.15, -0.1) is 0 Å². The van der Waals surface area contributed by atoms with E-state index in [0.29, 0.717) is 5.56 Å². The van der Waals surface area contributed by atoms with E-state index in [1.807, 2.05) is 19.1 Å². The SMILES string of the molecule is Cc1ccc(/C=C(\COC(=O)[C@H]2CC=CC[C@H]2C(=O)O)[N+](=O)[O-])cc1. The molecule has 132 valence electrons. The molecule has 0 saturated heterocycles. The first-order chi connectivity index (χ1) is 11.9. The van der Waals surface area contributed by atoms with Crippen LogP contribution in [0.15, 0.2) is 42.1 Å². The van der Waals surface area contributed by atoms with E-state index in [0.717, 1.165) is 5.56 Å². The highest BCUT2D eigenvalue weighted by Gasteiger charge is 2.35. The molecule has 0 spiro atoms. The average molecular weight is 345 g/mol. The van der Waals surface area contributed by atoms with E-state index < -0.39 is 35.3 Å². The number of hydrogen-bond donors (Lipinski definition) is 1. The first kappa shape index (κ1) is 18.4. The fraction of sp³-hybridized carbons (Fsp3) is 0.333. The van der Waals surface area contributed by atoms with Crippen LogP contribution >= 0.6 is 0 Å². The largest absolute Gasteiger partial charge is 0.481 e. The zero-order valence-electron chi connectivity index (χ0n) is 13.8. The highest BCUT2D eigenvalue weighted by atomic mass is 16.6. The number of carboxylic acids is 1. The Morgan fingerprint density at radius 1 is 1.24 bits per heavy atom. The van der Waals surface area contributed by atoms with Gasteiger partial charge in [0, 0.05) is 6.08 Å². The molecule has 0 aromatic heterocycles. The van der Waals surface area contributed by atoms with Gasteiger partial charge in [0.25, 0.3) is 5.70 Å². The van der Waals surface area contributed by atoms with Crippen LogP contribution < -0.4 is 0 Å². The van der Waals surface area contributed by atoms with Crippen molar-refractivity contribution in [1.82, 2.24) is 0 Å². The van der Waals surface area contributed by atoms with Crippen LogP contribution in [0.25, 0.3) is 6.08 Å². The van der Waals surface area contributed by atoms with Crippen molar-refractivity contribution >= 4 is 18.0 Å². The number of rotatable bonds is 6. The van der Waals surface area contributed by atoms with E-state index in [9.17, 15) is 24.8 Å². The Labute approximate surface area is 144 Å². The van der Waals surface area contributed by atoms with Crippen LogP contribution in [0.5, 0.6) is 0 Å². The van der Waals surface area contributed by atoms with Gasteiger partial charge in [0.2, 0.25) is 0 Å². The molecule has 1 aliphatic carbocycles. The van der Waals surface area contributed by atoms with Gasteiger partial charge in [0.1, 0.15) is 0 Å². The third-order valence-corrected chi connectivity index (χ3v) is 4.06. The molecule has 7 heteroatoms. The number of nitrogens with zero attached hydrogens (tertiary/aromatic N) is 1. The zero-order valence-corrected chi connectivity index (χ0v) is 13.8. The van der Waals surface area contributed by atoms with Gasteiger partial charge in [0.15, 0.2) is 6.61 Å². The smallest absolute Gasteiger partial charge is 0.310 e. The fourth-order valence-corrected chi connectivity index (χ4v) is 2.60. The number of hydrogen-bond acceptors (Lipinski definition) is 5. The Balaban J connectivity index is 2.06. The van der Waals surface area contributed by atoms with Crippen LogP contribution in [0.3, 0.4) is 0 Å². The highest BCUT2D eigenvalue weighted by Crippen LogP contribution is 2.27. The van der Waals surface area contributed by atoms with E-state index in [-0.39, 0.29) is 18.5 Å². The molecule has 0 bridgehead atoms. The van der Waals surface area contributed by atoms with Crippen LogP contribution in [0.2, 0.25) is 0 Å².